The molecule has 2 heterocycles. The van der Waals surface area contributed by atoms with E-state index in [1.165, 1.54) is 0 Å². The van der Waals surface area contributed by atoms with E-state index in [0.29, 0.717) is 43.1 Å². The molecule has 2 aliphatic rings. The Bertz CT molecular complexity index is 793. The number of nitrogens with one attached hydrogen (secondary N) is 1. The second kappa shape index (κ2) is 8.31. The molecule has 3 rings (SSSR count). The Balaban J connectivity index is 1.48. The van der Waals surface area contributed by atoms with Crippen LogP contribution >= 0.6 is 0 Å². The van der Waals surface area contributed by atoms with E-state index in [1.54, 1.807) is 30.0 Å². The smallest absolute Gasteiger partial charge is 0.309 e. The van der Waals surface area contributed by atoms with Crippen LogP contribution in [0, 0.1) is 11.3 Å². The lowest BCUT2D eigenvalue weighted by molar-refractivity contribution is -0.160. The van der Waals surface area contributed by atoms with Crippen molar-refractivity contribution in [2.45, 2.75) is 46.6 Å². The van der Waals surface area contributed by atoms with Crippen LogP contribution in [0.25, 0.3) is 0 Å². The van der Waals surface area contributed by atoms with Crippen molar-refractivity contribution in [3.05, 3.63) is 18.2 Å². The monoisotopic (exact) mass is 404 g/mol. The second-order valence-corrected chi connectivity index (χ2v) is 8.45. The number of fused-ring (bicyclic) bond motifs is 1. The Morgan fingerprint density at radius 1 is 1.14 bits per heavy atom. The Hall–Kier alpha value is -2.77. The summed E-state index contributed by atoms with van der Waals surface area (Å²) in [6, 6.07) is 5.07. The van der Waals surface area contributed by atoms with Crippen LogP contribution < -0.4 is 14.8 Å². The van der Waals surface area contributed by atoms with Gasteiger partial charge >= 0.3 is 5.97 Å². The van der Waals surface area contributed by atoms with Gasteiger partial charge in [-0.1, -0.05) is 20.8 Å². The van der Waals surface area contributed by atoms with Crippen LogP contribution in [-0.2, 0) is 19.1 Å². The van der Waals surface area contributed by atoms with Crippen molar-refractivity contribution in [3.8, 4) is 11.5 Å². The van der Waals surface area contributed by atoms with Gasteiger partial charge in [-0.2, -0.15) is 0 Å². The summed E-state index contributed by atoms with van der Waals surface area (Å²) in [6.45, 7) is 8.39. The lowest BCUT2D eigenvalue weighted by Crippen LogP contribution is -2.45. The summed E-state index contributed by atoms with van der Waals surface area (Å²) < 4.78 is 15.9. The van der Waals surface area contributed by atoms with E-state index >= 15 is 0 Å². The summed E-state index contributed by atoms with van der Waals surface area (Å²) in [5.74, 6) is 0.141. The second-order valence-electron chi connectivity index (χ2n) is 8.45. The molecular formula is C21H28N2O6. The Morgan fingerprint density at radius 2 is 1.79 bits per heavy atom. The van der Waals surface area contributed by atoms with Gasteiger partial charge in [0.05, 0.1) is 5.92 Å². The van der Waals surface area contributed by atoms with Gasteiger partial charge < -0.3 is 24.4 Å². The molecule has 1 aromatic rings. The number of carbonyl (C=O) groups excluding carboxylic acids is 3. The van der Waals surface area contributed by atoms with Gasteiger partial charge in [0.25, 0.3) is 5.91 Å². The first kappa shape index (κ1) is 21.0. The minimum Gasteiger partial charge on any atom is -0.454 e. The Morgan fingerprint density at radius 3 is 2.45 bits per heavy atom. The topological polar surface area (TPSA) is 94.2 Å². The lowest BCUT2D eigenvalue weighted by atomic mass is 9.91. The molecule has 8 heteroatoms. The minimum absolute atomic E-state index is 0.0841. The van der Waals surface area contributed by atoms with Gasteiger partial charge in [0, 0.05) is 30.3 Å². The first-order valence-electron chi connectivity index (χ1n) is 9.85. The molecule has 0 aromatic heterocycles. The summed E-state index contributed by atoms with van der Waals surface area (Å²) in [6.07, 6.45) is 0.149. The summed E-state index contributed by atoms with van der Waals surface area (Å²) in [5, 5.41) is 2.71. The van der Waals surface area contributed by atoms with Crippen LogP contribution in [0.5, 0.6) is 11.5 Å². The third-order valence-electron chi connectivity index (χ3n) is 5.06. The summed E-state index contributed by atoms with van der Waals surface area (Å²) in [7, 11) is 0. The maximum atomic E-state index is 12.4. The van der Waals surface area contributed by atoms with Gasteiger partial charge in [-0.3, -0.25) is 14.4 Å². The van der Waals surface area contributed by atoms with E-state index in [0.717, 1.165) is 0 Å². The number of rotatable bonds is 4. The van der Waals surface area contributed by atoms with E-state index in [-0.39, 0.29) is 18.6 Å². The molecule has 0 spiro atoms. The zero-order valence-electron chi connectivity index (χ0n) is 17.3. The number of likely N-dealkylation sites (tertiary alicyclic amines) is 1. The summed E-state index contributed by atoms with van der Waals surface area (Å²) in [5.41, 5.74) is 0.102. The number of anilines is 1. The van der Waals surface area contributed by atoms with Crippen LogP contribution in [0.4, 0.5) is 5.69 Å². The highest BCUT2D eigenvalue weighted by molar-refractivity contribution is 5.95. The molecule has 0 unspecified atom stereocenters. The molecule has 2 amide bonds. The Kier molecular flexibility index (Phi) is 6.00. The molecule has 1 N–H and O–H groups in total. The van der Waals surface area contributed by atoms with Crippen molar-refractivity contribution in [2.75, 3.05) is 25.2 Å². The standard InChI is InChI=1S/C21H28N2O6/c1-13(18(24)22-15-5-6-16-17(11-15)28-12-27-16)29-19(25)14-7-9-23(10-8-14)20(26)21(2,3)4/h5-6,11,13-14H,7-10,12H2,1-4H3,(H,22,24)/t13-/m1/s1. The van der Waals surface area contributed by atoms with Crippen LogP contribution in [0.3, 0.4) is 0 Å². The Labute approximate surface area is 170 Å². The third kappa shape index (κ3) is 4.99. The van der Waals surface area contributed by atoms with Crippen LogP contribution in [0.2, 0.25) is 0 Å². The van der Waals surface area contributed by atoms with Gasteiger partial charge in [-0.15, -0.1) is 0 Å². The average Bonchev–Trinajstić information content (AvgIpc) is 3.14. The first-order chi connectivity index (χ1) is 13.6. The van der Waals surface area contributed by atoms with Gasteiger partial charge in [-0.25, -0.2) is 0 Å². The number of hydrogen-bond donors (Lipinski definition) is 1. The number of hydrogen-bond acceptors (Lipinski definition) is 6. The number of ether oxygens (including phenoxy) is 3. The largest absolute Gasteiger partial charge is 0.454 e. The molecule has 8 nitrogen and oxygen atoms in total. The fourth-order valence-corrected chi connectivity index (χ4v) is 3.33. The normalized spacial score (nSPS) is 17.6. The molecule has 2 aliphatic heterocycles. The SMILES string of the molecule is C[C@@H](OC(=O)C1CCN(C(=O)C(C)(C)C)CC1)C(=O)Nc1ccc2c(c1)OCO2. The number of amides is 2. The van der Waals surface area contributed by atoms with E-state index in [9.17, 15) is 14.4 Å². The molecule has 0 bridgehead atoms. The molecule has 29 heavy (non-hydrogen) atoms. The molecule has 1 aromatic carbocycles. The maximum Gasteiger partial charge on any atom is 0.309 e. The molecule has 0 aliphatic carbocycles. The molecule has 1 atom stereocenters. The third-order valence-corrected chi connectivity index (χ3v) is 5.06. The van der Waals surface area contributed by atoms with E-state index in [2.05, 4.69) is 5.32 Å². The van der Waals surface area contributed by atoms with Gasteiger partial charge in [0.1, 0.15) is 0 Å². The van der Waals surface area contributed by atoms with Gasteiger partial charge in [0.15, 0.2) is 17.6 Å². The summed E-state index contributed by atoms with van der Waals surface area (Å²) >= 11 is 0. The van der Waals surface area contributed by atoms with Crippen molar-refractivity contribution in [3.63, 3.8) is 0 Å². The fraction of sp³-hybridized carbons (Fsp3) is 0.571. The minimum atomic E-state index is -0.929. The molecular weight excluding hydrogens is 376 g/mol. The highest BCUT2D eigenvalue weighted by Crippen LogP contribution is 2.34. The quantitative estimate of drug-likeness (QED) is 0.775. The van der Waals surface area contributed by atoms with E-state index in [4.69, 9.17) is 14.2 Å². The molecule has 158 valence electrons. The number of esters is 1. The van der Waals surface area contributed by atoms with Crippen molar-refractivity contribution >= 4 is 23.5 Å². The van der Waals surface area contributed by atoms with E-state index < -0.39 is 23.4 Å². The fourth-order valence-electron chi connectivity index (χ4n) is 3.33. The van der Waals surface area contributed by atoms with Crippen molar-refractivity contribution in [1.82, 2.24) is 4.90 Å². The van der Waals surface area contributed by atoms with E-state index in [1.807, 2.05) is 20.8 Å². The van der Waals surface area contributed by atoms with Crippen LogP contribution in [0.15, 0.2) is 18.2 Å². The van der Waals surface area contributed by atoms with Crippen molar-refractivity contribution in [2.24, 2.45) is 11.3 Å². The molecule has 0 radical (unpaired) electrons. The molecule has 1 saturated heterocycles. The highest BCUT2D eigenvalue weighted by atomic mass is 16.7. The molecule has 0 saturated carbocycles. The molecule has 1 fully saturated rings. The predicted molar refractivity (Wildman–Crippen MR) is 106 cm³/mol. The first-order valence-corrected chi connectivity index (χ1v) is 9.85. The number of piperidine rings is 1. The van der Waals surface area contributed by atoms with Gasteiger partial charge in [-0.05, 0) is 31.9 Å². The number of carbonyl (C=O) groups is 3. The van der Waals surface area contributed by atoms with Crippen molar-refractivity contribution < 1.29 is 28.6 Å². The zero-order chi connectivity index (χ0) is 21.2. The number of benzene rings is 1. The number of nitrogens with zero attached hydrogens (tertiary/aromatic N) is 1. The van der Waals surface area contributed by atoms with Crippen LogP contribution in [-0.4, -0.2) is 48.7 Å². The summed E-state index contributed by atoms with van der Waals surface area (Å²) in [4.78, 5) is 39.0. The lowest BCUT2D eigenvalue weighted by Gasteiger charge is -2.35. The van der Waals surface area contributed by atoms with Crippen molar-refractivity contribution in [1.29, 1.82) is 0 Å². The predicted octanol–water partition coefficient (Wildman–Crippen LogP) is 2.57. The maximum absolute atomic E-state index is 12.4. The highest BCUT2D eigenvalue weighted by Gasteiger charge is 2.34. The van der Waals surface area contributed by atoms with Crippen LogP contribution in [0.1, 0.15) is 40.5 Å². The average molecular weight is 404 g/mol. The van der Waals surface area contributed by atoms with Gasteiger partial charge in [0.2, 0.25) is 12.7 Å². The zero-order valence-corrected chi connectivity index (χ0v) is 17.3.